The summed E-state index contributed by atoms with van der Waals surface area (Å²) in [5, 5.41) is 10.9. The van der Waals surface area contributed by atoms with E-state index < -0.39 is 5.97 Å². The molecule has 1 saturated carbocycles. The number of fused-ring (bicyclic) bond motifs is 5. The van der Waals surface area contributed by atoms with Crippen LogP contribution in [0.5, 0.6) is 11.5 Å². The lowest BCUT2D eigenvalue weighted by molar-refractivity contribution is -0.000546. The van der Waals surface area contributed by atoms with E-state index in [2.05, 4.69) is 22.6 Å². The zero-order chi connectivity index (χ0) is 26.1. The molecule has 1 N–H and O–H groups in total. The first-order valence-corrected chi connectivity index (χ1v) is 14.2. The first-order valence-electron chi connectivity index (χ1n) is 14.2. The lowest BCUT2D eigenvalue weighted by Gasteiger charge is -2.28. The van der Waals surface area contributed by atoms with Gasteiger partial charge in [0.1, 0.15) is 13.2 Å². The third-order valence-corrected chi connectivity index (χ3v) is 8.52. The van der Waals surface area contributed by atoms with Crippen LogP contribution in [0.4, 0.5) is 0 Å². The van der Waals surface area contributed by atoms with Gasteiger partial charge in [0.2, 0.25) is 0 Å². The van der Waals surface area contributed by atoms with Gasteiger partial charge < -0.3 is 28.8 Å². The van der Waals surface area contributed by atoms with Gasteiger partial charge in [-0.05, 0) is 68.5 Å². The Bertz CT molecular complexity index is 1300. The minimum atomic E-state index is -0.898. The molecule has 0 bridgehead atoms. The van der Waals surface area contributed by atoms with Gasteiger partial charge in [0.25, 0.3) is 0 Å². The number of benzene rings is 2. The molecular weight excluding hydrogens is 480 g/mol. The highest BCUT2D eigenvalue weighted by molar-refractivity contribution is 5.99. The molecule has 3 aromatic rings. The lowest BCUT2D eigenvalue weighted by Crippen LogP contribution is -2.34. The van der Waals surface area contributed by atoms with E-state index in [1.54, 1.807) is 6.07 Å². The van der Waals surface area contributed by atoms with Crippen LogP contribution >= 0.6 is 0 Å². The number of nitrogens with zero attached hydrogens (tertiary/aromatic N) is 2. The van der Waals surface area contributed by atoms with Crippen LogP contribution in [0.1, 0.15) is 66.8 Å². The average molecular weight is 519 g/mol. The van der Waals surface area contributed by atoms with Crippen LogP contribution in [-0.4, -0.2) is 66.6 Å². The van der Waals surface area contributed by atoms with Crippen molar-refractivity contribution < 1.29 is 24.1 Å². The SMILES string of the molecule is CN1CCC(OCCOc2cccc3c2OCCn2c-3c(C3CCCCC3)c3ccc(C(=O)O)cc32)CC1. The Hall–Kier alpha value is -3.03. The summed E-state index contributed by atoms with van der Waals surface area (Å²) < 4.78 is 21.0. The number of carboxylic acid groups (broad SMARTS) is 1. The van der Waals surface area contributed by atoms with E-state index in [1.807, 2.05) is 24.3 Å². The molecule has 7 heteroatoms. The largest absolute Gasteiger partial charge is 0.487 e. The first-order chi connectivity index (χ1) is 18.6. The zero-order valence-corrected chi connectivity index (χ0v) is 22.3. The van der Waals surface area contributed by atoms with E-state index >= 15 is 0 Å². The number of hydrogen-bond donors (Lipinski definition) is 1. The minimum Gasteiger partial charge on any atom is -0.487 e. The molecule has 3 aliphatic rings. The van der Waals surface area contributed by atoms with Gasteiger partial charge in [-0.25, -0.2) is 4.79 Å². The molecular formula is C31H38N2O5. The molecule has 202 valence electrons. The van der Waals surface area contributed by atoms with Crippen molar-refractivity contribution in [2.45, 2.75) is 63.5 Å². The Kier molecular flexibility index (Phi) is 7.30. The molecule has 2 aliphatic heterocycles. The smallest absolute Gasteiger partial charge is 0.335 e. The molecule has 1 saturated heterocycles. The van der Waals surface area contributed by atoms with E-state index in [0.717, 1.165) is 67.0 Å². The molecule has 7 nitrogen and oxygen atoms in total. The molecule has 6 rings (SSSR count). The summed E-state index contributed by atoms with van der Waals surface area (Å²) in [6.07, 6.45) is 8.51. The standard InChI is InChI=1S/C31H38N2O5/c1-32-14-12-23(13-15-32)36-18-19-37-27-9-5-8-25-29-28(21-6-3-2-4-7-21)24-11-10-22(31(34)35)20-26(24)33(29)16-17-38-30(25)27/h5,8-11,20-21,23H,2-4,6-7,12-19H2,1H3,(H,34,35). The summed E-state index contributed by atoms with van der Waals surface area (Å²) in [6, 6.07) is 11.7. The van der Waals surface area contributed by atoms with E-state index in [9.17, 15) is 9.90 Å². The third-order valence-electron chi connectivity index (χ3n) is 8.52. The Morgan fingerprint density at radius 1 is 1.03 bits per heavy atom. The summed E-state index contributed by atoms with van der Waals surface area (Å²) in [4.78, 5) is 14.2. The molecule has 3 heterocycles. The number of likely N-dealkylation sites (tertiary alicyclic amines) is 1. The molecule has 38 heavy (non-hydrogen) atoms. The molecule has 0 atom stereocenters. The molecule has 0 radical (unpaired) electrons. The maximum absolute atomic E-state index is 11.8. The second-order valence-corrected chi connectivity index (χ2v) is 11.0. The summed E-state index contributed by atoms with van der Waals surface area (Å²) in [7, 11) is 2.16. The average Bonchev–Trinajstić information content (AvgIpc) is 3.13. The second kappa shape index (κ2) is 11.0. The second-order valence-electron chi connectivity index (χ2n) is 11.0. The van der Waals surface area contributed by atoms with E-state index in [0.29, 0.717) is 44.0 Å². The number of aromatic nitrogens is 1. The third kappa shape index (κ3) is 4.90. The number of hydrogen-bond acceptors (Lipinski definition) is 5. The summed E-state index contributed by atoms with van der Waals surface area (Å²) in [5.74, 6) is 1.08. The van der Waals surface area contributed by atoms with Gasteiger partial charge in [-0.3, -0.25) is 0 Å². The van der Waals surface area contributed by atoms with Crippen molar-refractivity contribution in [3.05, 3.63) is 47.5 Å². The number of carbonyl (C=O) groups is 1. The van der Waals surface area contributed by atoms with Crippen molar-refractivity contribution >= 4 is 16.9 Å². The van der Waals surface area contributed by atoms with Crippen molar-refractivity contribution in [3.8, 4) is 22.8 Å². The van der Waals surface area contributed by atoms with E-state index in [4.69, 9.17) is 14.2 Å². The van der Waals surface area contributed by atoms with Gasteiger partial charge in [-0.1, -0.05) is 31.4 Å². The Morgan fingerprint density at radius 2 is 1.84 bits per heavy atom. The highest BCUT2D eigenvalue weighted by Gasteiger charge is 2.30. The quantitative estimate of drug-likeness (QED) is 0.391. The number of piperidine rings is 1. The zero-order valence-electron chi connectivity index (χ0n) is 22.3. The lowest BCUT2D eigenvalue weighted by atomic mass is 9.81. The van der Waals surface area contributed by atoms with Gasteiger partial charge >= 0.3 is 5.97 Å². The molecule has 0 spiro atoms. The fraction of sp³-hybridized carbons (Fsp3) is 0.516. The van der Waals surface area contributed by atoms with Crippen LogP contribution in [0, 0.1) is 0 Å². The molecule has 0 unspecified atom stereocenters. The fourth-order valence-electron chi connectivity index (χ4n) is 6.56. The monoisotopic (exact) mass is 518 g/mol. The fourth-order valence-corrected chi connectivity index (χ4v) is 6.56. The van der Waals surface area contributed by atoms with Crippen molar-refractivity contribution in [1.82, 2.24) is 9.47 Å². The number of aromatic carboxylic acids is 1. The van der Waals surface area contributed by atoms with Crippen LogP contribution in [0.15, 0.2) is 36.4 Å². The maximum atomic E-state index is 11.8. The van der Waals surface area contributed by atoms with Crippen LogP contribution in [0.3, 0.4) is 0 Å². The Morgan fingerprint density at radius 3 is 2.63 bits per heavy atom. The van der Waals surface area contributed by atoms with Gasteiger partial charge in [0.15, 0.2) is 11.5 Å². The van der Waals surface area contributed by atoms with Crippen LogP contribution in [0.2, 0.25) is 0 Å². The molecule has 2 aromatic carbocycles. The normalized spacial score (nSPS) is 19.0. The summed E-state index contributed by atoms with van der Waals surface area (Å²) in [6.45, 7) is 4.36. The molecule has 1 aromatic heterocycles. The first kappa shape index (κ1) is 25.3. The molecule has 0 amide bonds. The van der Waals surface area contributed by atoms with Crippen LogP contribution in [-0.2, 0) is 11.3 Å². The van der Waals surface area contributed by atoms with E-state index in [-0.39, 0.29) is 0 Å². The molecule has 1 aliphatic carbocycles. The van der Waals surface area contributed by atoms with Crippen LogP contribution in [0.25, 0.3) is 22.2 Å². The molecule has 2 fully saturated rings. The van der Waals surface area contributed by atoms with Gasteiger partial charge in [-0.15, -0.1) is 0 Å². The number of para-hydroxylation sites is 1. The van der Waals surface area contributed by atoms with Crippen molar-refractivity contribution in [3.63, 3.8) is 0 Å². The Balaban J connectivity index is 1.33. The summed E-state index contributed by atoms with van der Waals surface area (Å²) >= 11 is 0. The van der Waals surface area contributed by atoms with Gasteiger partial charge in [0, 0.05) is 29.6 Å². The van der Waals surface area contributed by atoms with Crippen molar-refractivity contribution in [2.75, 3.05) is 40.0 Å². The minimum absolute atomic E-state index is 0.309. The number of ether oxygens (including phenoxy) is 3. The Labute approximate surface area is 224 Å². The predicted molar refractivity (Wildman–Crippen MR) is 148 cm³/mol. The van der Waals surface area contributed by atoms with Gasteiger partial charge in [0.05, 0.1) is 30.5 Å². The van der Waals surface area contributed by atoms with Crippen LogP contribution < -0.4 is 9.47 Å². The van der Waals surface area contributed by atoms with Crippen molar-refractivity contribution in [1.29, 1.82) is 0 Å². The highest BCUT2D eigenvalue weighted by atomic mass is 16.5. The summed E-state index contributed by atoms with van der Waals surface area (Å²) in [5.41, 5.74) is 4.83. The van der Waals surface area contributed by atoms with Gasteiger partial charge in [-0.2, -0.15) is 0 Å². The van der Waals surface area contributed by atoms with Crippen molar-refractivity contribution in [2.24, 2.45) is 0 Å². The van der Waals surface area contributed by atoms with E-state index in [1.165, 1.54) is 30.2 Å². The maximum Gasteiger partial charge on any atom is 0.335 e. The highest BCUT2D eigenvalue weighted by Crippen LogP contribution is 2.49. The topological polar surface area (TPSA) is 73.2 Å². The predicted octanol–water partition coefficient (Wildman–Crippen LogP) is 5.94. The number of carboxylic acids is 1. The number of rotatable bonds is 7.